The summed E-state index contributed by atoms with van der Waals surface area (Å²) < 4.78 is 6.13. The van der Waals surface area contributed by atoms with E-state index in [-0.39, 0.29) is 18.4 Å². The van der Waals surface area contributed by atoms with Crippen molar-refractivity contribution in [1.29, 1.82) is 0 Å². The van der Waals surface area contributed by atoms with Crippen molar-refractivity contribution in [2.75, 3.05) is 31.3 Å². The number of thioether (sulfide) groups is 1. The summed E-state index contributed by atoms with van der Waals surface area (Å²) in [7, 11) is 1.57. The molecule has 26 heavy (non-hydrogen) atoms. The molecule has 0 radical (unpaired) electrons. The molecule has 0 bridgehead atoms. The maximum Gasteiger partial charge on any atom is 0.243 e. The number of carbonyl (C=O) groups is 2. The standard InChI is InChI=1S/C19H21BrN2O3S/c1-3-22(19(24)13-26-17-9-7-14(20)8-10-17)12-18(23)21-15-5-4-6-16(11-15)25-2/h4-11H,3,12-13H2,1-2H3,(H,21,23). The molecule has 0 saturated heterocycles. The van der Waals surface area contributed by atoms with Gasteiger partial charge in [-0.05, 0) is 43.3 Å². The first-order valence-corrected chi connectivity index (χ1v) is 9.89. The van der Waals surface area contributed by atoms with Gasteiger partial charge < -0.3 is 15.0 Å². The molecule has 1 N–H and O–H groups in total. The molecule has 0 aliphatic rings. The summed E-state index contributed by atoms with van der Waals surface area (Å²) in [6, 6.07) is 14.9. The average molecular weight is 437 g/mol. The van der Waals surface area contributed by atoms with E-state index in [1.807, 2.05) is 31.2 Å². The summed E-state index contributed by atoms with van der Waals surface area (Å²) in [5.41, 5.74) is 0.641. The van der Waals surface area contributed by atoms with Crippen molar-refractivity contribution in [3.05, 3.63) is 53.0 Å². The molecule has 138 valence electrons. The predicted molar refractivity (Wildman–Crippen MR) is 109 cm³/mol. The second kappa shape index (κ2) is 10.2. The fourth-order valence-corrected chi connectivity index (χ4v) is 3.28. The molecule has 0 heterocycles. The van der Waals surface area contributed by atoms with Gasteiger partial charge >= 0.3 is 0 Å². The van der Waals surface area contributed by atoms with Crippen molar-refractivity contribution in [1.82, 2.24) is 4.90 Å². The molecule has 0 fully saturated rings. The number of anilines is 1. The van der Waals surface area contributed by atoms with Gasteiger partial charge in [0, 0.05) is 27.7 Å². The highest BCUT2D eigenvalue weighted by Gasteiger charge is 2.16. The SMILES string of the molecule is CCN(CC(=O)Nc1cccc(OC)c1)C(=O)CSc1ccc(Br)cc1. The molecule has 0 aliphatic heterocycles. The Hall–Kier alpha value is -1.99. The topological polar surface area (TPSA) is 58.6 Å². The molecular weight excluding hydrogens is 416 g/mol. The van der Waals surface area contributed by atoms with Gasteiger partial charge in [0.25, 0.3) is 0 Å². The van der Waals surface area contributed by atoms with Gasteiger partial charge in [-0.1, -0.05) is 22.0 Å². The zero-order valence-electron chi connectivity index (χ0n) is 14.7. The van der Waals surface area contributed by atoms with E-state index in [1.165, 1.54) is 11.8 Å². The number of benzene rings is 2. The molecule has 0 aromatic heterocycles. The summed E-state index contributed by atoms with van der Waals surface area (Å²) in [6.45, 7) is 2.36. The molecule has 0 aliphatic carbocycles. The van der Waals surface area contributed by atoms with Gasteiger partial charge in [-0.2, -0.15) is 0 Å². The normalized spacial score (nSPS) is 10.3. The number of carbonyl (C=O) groups excluding carboxylic acids is 2. The van der Waals surface area contributed by atoms with Gasteiger partial charge in [0.1, 0.15) is 5.75 Å². The minimum atomic E-state index is -0.234. The number of nitrogens with one attached hydrogen (secondary N) is 1. The Morgan fingerprint density at radius 1 is 1.19 bits per heavy atom. The summed E-state index contributed by atoms with van der Waals surface area (Å²) in [5.74, 6) is 0.655. The first-order valence-electron chi connectivity index (χ1n) is 8.12. The van der Waals surface area contributed by atoms with Crippen molar-refractivity contribution in [2.45, 2.75) is 11.8 Å². The summed E-state index contributed by atoms with van der Waals surface area (Å²) in [5, 5.41) is 2.79. The maximum atomic E-state index is 12.4. The van der Waals surface area contributed by atoms with Crippen LogP contribution in [0.1, 0.15) is 6.92 Å². The number of rotatable bonds is 8. The molecule has 2 aromatic carbocycles. The van der Waals surface area contributed by atoms with Crippen molar-refractivity contribution in [2.24, 2.45) is 0 Å². The van der Waals surface area contributed by atoms with E-state index in [0.717, 1.165) is 9.37 Å². The largest absolute Gasteiger partial charge is 0.497 e. The molecule has 0 saturated carbocycles. The zero-order valence-corrected chi connectivity index (χ0v) is 17.1. The van der Waals surface area contributed by atoms with E-state index in [4.69, 9.17) is 4.74 Å². The smallest absolute Gasteiger partial charge is 0.243 e. The molecule has 2 rings (SSSR count). The highest BCUT2D eigenvalue weighted by atomic mass is 79.9. The molecule has 2 amide bonds. The van der Waals surface area contributed by atoms with Gasteiger partial charge in [0.2, 0.25) is 11.8 Å². The van der Waals surface area contributed by atoms with Gasteiger partial charge in [0.05, 0.1) is 19.4 Å². The molecule has 0 spiro atoms. The van der Waals surface area contributed by atoms with E-state index in [2.05, 4.69) is 21.2 Å². The molecule has 5 nitrogen and oxygen atoms in total. The number of nitrogens with zero attached hydrogens (tertiary/aromatic N) is 1. The van der Waals surface area contributed by atoms with Crippen LogP contribution in [0, 0.1) is 0 Å². The Balaban J connectivity index is 1.87. The van der Waals surface area contributed by atoms with Crippen molar-refractivity contribution < 1.29 is 14.3 Å². The van der Waals surface area contributed by atoms with E-state index >= 15 is 0 Å². The highest BCUT2D eigenvalue weighted by molar-refractivity contribution is 9.10. The number of likely N-dealkylation sites (N-methyl/N-ethyl adjacent to an activating group) is 1. The van der Waals surface area contributed by atoms with Crippen LogP contribution in [-0.2, 0) is 9.59 Å². The zero-order chi connectivity index (χ0) is 18.9. The number of ether oxygens (including phenoxy) is 1. The number of hydrogen-bond acceptors (Lipinski definition) is 4. The van der Waals surface area contributed by atoms with Gasteiger partial charge in [-0.15, -0.1) is 11.8 Å². The lowest BCUT2D eigenvalue weighted by atomic mass is 10.3. The first-order chi connectivity index (χ1) is 12.5. The molecule has 0 atom stereocenters. The fraction of sp³-hybridized carbons (Fsp3) is 0.263. The van der Waals surface area contributed by atoms with Crippen LogP contribution in [-0.4, -0.2) is 42.7 Å². The van der Waals surface area contributed by atoms with Crippen LogP contribution in [0.4, 0.5) is 5.69 Å². The Labute approximate surface area is 166 Å². The predicted octanol–water partition coefficient (Wildman–Crippen LogP) is 4.04. The summed E-state index contributed by atoms with van der Waals surface area (Å²) >= 11 is 4.84. The quantitative estimate of drug-likeness (QED) is 0.634. The lowest BCUT2D eigenvalue weighted by Crippen LogP contribution is -2.38. The van der Waals surface area contributed by atoms with Crippen LogP contribution in [0.25, 0.3) is 0 Å². The third-order valence-electron chi connectivity index (χ3n) is 3.60. The Kier molecular flexibility index (Phi) is 8.00. The van der Waals surface area contributed by atoms with Crippen molar-refractivity contribution in [3.63, 3.8) is 0 Å². The van der Waals surface area contributed by atoms with Gasteiger partial charge in [0.15, 0.2) is 0 Å². The van der Waals surface area contributed by atoms with Crippen molar-refractivity contribution in [3.8, 4) is 5.75 Å². The third kappa shape index (κ3) is 6.38. The monoisotopic (exact) mass is 436 g/mol. The number of amides is 2. The van der Waals surface area contributed by atoms with E-state index in [0.29, 0.717) is 23.7 Å². The molecule has 7 heteroatoms. The van der Waals surface area contributed by atoms with E-state index in [9.17, 15) is 9.59 Å². The van der Waals surface area contributed by atoms with Crippen molar-refractivity contribution >= 4 is 45.2 Å². The molecule has 2 aromatic rings. The Bertz CT molecular complexity index is 753. The minimum Gasteiger partial charge on any atom is -0.497 e. The number of halogens is 1. The van der Waals surface area contributed by atoms with E-state index < -0.39 is 0 Å². The number of hydrogen-bond donors (Lipinski definition) is 1. The molecule has 0 unspecified atom stereocenters. The van der Waals surface area contributed by atoms with Gasteiger partial charge in [-0.25, -0.2) is 0 Å². The summed E-state index contributed by atoms with van der Waals surface area (Å²) in [4.78, 5) is 27.2. The van der Waals surface area contributed by atoms with Crippen LogP contribution >= 0.6 is 27.7 Å². The summed E-state index contributed by atoms with van der Waals surface area (Å²) in [6.07, 6.45) is 0. The lowest BCUT2D eigenvalue weighted by Gasteiger charge is -2.20. The molecular formula is C19H21BrN2O3S. The number of methoxy groups -OCH3 is 1. The maximum absolute atomic E-state index is 12.4. The second-order valence-electron chi connectivity index (χ2n) is 5.43. The van der Waals surface area contributed by atoms with Crippen LogP contribution in [0.2, 0.25) is 0 Å². The van der Waals surface area contributed by atoms with Crippen LogP contribution < -0.4 is 10.1 Å². The third-order valence-corrected chi connectivity index (χ3v) is 5.12. The Morgan fingerprint density at radius 2 is 1.92 bits per heavy atom. The first kappa shape index (κ1) is 20.3. The average Bonchev–Trinajstić information content (AvgIpc) is 2.65. The van der Waals surface area contributed by atoms with Crippen LogP contribution in [0.3, 0.4) is 0 Å². The lowest BCUT2D eigenvalue weighted by molar-refractivity contribution is -0.132. The fourth-order valence-electron chi connectivity index (χ4n) is 2.22. The van der Waals surface area contributed by atoms with Crippen LogP contribution in [0.15, 0.2) is 57.9 Å². The Morgan fingerprint density at radius 3 is 2.58 bits per heavy atom. The highest BCUT2D eigenvalue weighted by Crippen LogP contribution is 2.21. The minimum absolute atomic E-state index is 0.0213. The van der Waals surface area contributed by atoms with Gasteiger partial charge in [-0.3, -0.25) is 9.59 Å². The van der Waals surface area contributed by atoms with E-state index in [1.54, 1.807) is 36.3 Å². The second-order valence-corrected chi connectivity index (χ2v) is 7.40. The van der Waals surface area contributed by atoms with Crippen LogP contribution in [0.5, 0.6) is 5.75 Å².